The predicted molar refractivity (Wildman–Crippen MR) is 77.7 cm³/mol. The molecule has 0 bridgehead atoms. The first kappa shape index (κ1) is 16.1. The predicted octanol–water partition coefficient (Wildman–Crippen LogP) is 2.17. The van der Waals surface area contributed by atoms with E-state index in [9.17, 15) is 4.79 Å². The Morgan fingerprint density at radius 2 is 1.90 bits per heavy atom. The number of amides is 1. The van der Waals surface area contributed by atoms with Crippen molar-refractivity contribution >= 4 is 5.91 Å². The summed E-state index contributed by atoms with van der Waals surface area (Å²) in [5.74, 6) is 2.08. The molecule has 0 unspecified atom stereocenters. The molecule has 0 aromatic heterocycles. The van der Waals surface area contributed by atoms with E-state index in [4.69, 9.17) is 14.2 Å². The van der Waals surface area contributed by atoms with E-state index in [0.29, 0.717) is 36.6 Å². The first-order valence-corrected chi connectivity index (χ1v) is 6.71. The van der Waals surface area contributed by atoms with E-state index >= 15 is 0 Å². The largest absolute Gasteiger partial charge is 0.497 e. The van der Waals surface area contributed by atoms with Crippen LogP contribution in [-0.4, -0.2) is 33.8 Å². The van der Waals surface area contributed by atoms with Gasteiger partial charge in [0.25, 0.3) is 0 Å². The molecule has 0 aliphatic rings. The molecular formula is C15H23NO4. The van der Waals surface area contributed by atoms with Gasteiger partial charge in [-0.2, -0.15) is 0 Å². The minimum Gasteiger partial charge on any atom is -0.497 e. The average molecular weight is 281 g/mol. The molecule has 0 aliphatic heterocycles. The van der Waals surface area contributed by atoms with E-state index in [2.05, 4.69) is 5.32 Å². The summed E-state index contributed by atoms with van der Waals surface area (Å²) in [6.07, 6.45) is 2.06. The highest BCUT2D eigenvalue weighted by Gasteiger charge is 2.13. The number of hydrogen-bond donors (Lipinski definition) is 1. The Kier molecular flexibility index (Phi) is 6.70. The number of hydrogen-bond acceptors (Lipinski definition) is 4. The van der Waals surface area contributed by atoms with Crippen molar-refractivity contribution in [2.45, 2.75) is 26.2 Å². The Morgan fingerprint density at radius 1 is 1.15 bits per heavy atom. The highest BCUT2D eigenvalue weighted by Crippen LogP contribution is 2.35. The van der Waals surface area contributed by atoms with Crippen LogP contribution >= 0.6 is 0 Å². The van der Waals surface area contributed by atoms with Crippen molar-refractivity contribution in [3.8, 4) is 17.2 Å². The van der Waals surface area contributed by atoms with Crippen LogP contribution in [0.2, 0.25) is 0 Å². The topological polar surface area (TPSA) is 56.8 Å². The molecule has 0 saturated carbocycles. The molecule has 0 heterocycles. The third kappa shape index (κ3) is 4.33. The van der Waals surface area contributed by atoms with Crippen molar-refractivity contribution in [2.24, 2.45) is 0 Å². The van der Waals surface area contributed by atoms with Gasteiger partial charge in [0.2, 0.25) is 5.91 Å². The smallest absolute Gasteiger partial charge is 0.219 e. The van der Waals surface area contributed by atoms with Crippen LogP contribution in [0, 0.1) is 0 Å². The number of nitrogens with one attached hydrogen (secondary N) is 1. The summed E-state index contributed by atoms with van der Waals surface area (Å²) in [7, 11) is 4.79. The van der Waals surface area contributed by atoms with E-state index < -0.39 is 0 Å². The Balaban J connectivity index is 2.79. The molecule has 20 heavy (non-hydrogen) atoms. The van der Waals surface area contributed by atoms with Gasteiger partial charge in [-0.15, -0.1) is 0 Å². The van der Waals surface area contributed by atoms with Gasteiger partial charge < -0.3 is 19.5 Å². The zero-order valence-corrected chi connectivity index (χ0v) is 12.6. The molecule has 1 amide bonds. The second-order valence-corrected chi connectivity index (χ2v) is 4.37. The van der Waals surface area contributed by atoms with Crippen molar-refractivity contribution in [3.63, 3.8) is 0 Å². The summed E-state index contributed by atoms with van der Waals surface area (Å²) in [5.41, 5.74) is 0.945. The Morgan fingerprint density at radius 3 is 2.45 bits per heavy atom. The number of ether oxygens (including phenoxy) is 3. The fraction of sp³-hybridized carbons (Fsp3) is 0.533. The molecule has 0 atom stereocenters. The third-order valence-corrected chi connectivity index (χ3v) is 2.96. The van der Waals surface area contributed by atoms with E-state index in [1.165, 1.54) is 0 Å². The molecule has 1 N–H and O–H groups in total. The normalized spacial score (nSPS) is 10.0. The van der Waals surface area contributed by atoms with Gasteiger partial charge >= 0.3 is 0 Å². The molecule has 112 valence electrons. The van der Waals surface area contributed by atoms with E-state index in [0.717, 1.165) is 12.0 Å². The Bertz CT molecular complexity index is 446. The zero-order chi connectivity index (χ0) is 15.0. The second-order valence-electron chi connectivity index (χ2n) is 4.37. The summed E-state index contributed by atoms with van der Waals surface area (Å²) in [6, 6.07) is 3.67. The molecule has 0 spiro atoms. The van der Waals surface area contributed by atoms with Gasteiger partial charge in [0.15, 0.2) is 11.5 Å². The molecule has 5 heteroatoms. The van der Waals surface area contributed by atoms with Crippen molar-refractivity contribution in [3.05, 3.63) is 17.7 Å². The number of benzene rings is 1. The van der Waals surface area contributed by atoms with E-state index in [1.54, 1.807) is 27.4 Å². The molecule has 0 aliphatic carbocycles. The van der Waals surface area contributed by atoms with Gasteiger partial charge in [-0.1, -0.05) is 6.92 Å². The summed E-state index contributed by atoms with van der Waals surface area (Å²) < 4.78 is 15.9. The zero-order valence-electron chi connectivity index (χ0n) is 12.6. The lowest BCUT2D eigenvalue weighted by Crippen LogP contribution is -2.25. The minimum atomic E-state index is 0.0707. The van der Waals surface area contributed by atoms with Crippen LogP contribution in [0.1, 0.15) is 25.3 Å². The lowest BCUT2D eigenvalue weighted by Gasteiger charge is -2.15. The maximum absolute atomic E-state index is 11.4. The summed E-state index contributed by atoms with van der Waals surface area (Å²) >= 11 is 0. The van der Waals surface area contributed by atoms with E-state index in [-0.39, 0.29) is 5.91 Å². The lowest BCUT2D eigenvalue weighted by molar-refractivity contribution is -0.121. The van der Waals surface area contributed by atoms with Crippen LogP contribution in [0.15, 0.2) is 12.1 Å². The van der Waals surface area contributed by atoms with Crippen molar-refractivity contribution in [2.75, 3.05) is 27.9 Å². The Hall–Kier alpha value is -1.91. The second kappa shape index (κ2) is 8.30. The van der Waals surface area contributed by atoms with Crippen molar-refractivity contribution in [1.82, 2.24) is 5.32 Å². The third-order valence-electron chi connectivity index (χ3n) is 2.96. The monoisotopic (exact) mass is 281 g/mol. The van der Waals surface area contributed by atoms with Gasteiger partial charge in [0.1, 0.15) is 5.75 Å². The van der Waals surface area contributed by atoms with Gasteiger partial charge in [-0.3, -0.25) is 4.79 Å². The first-order valence-electron chi connectivity index (χ1n) is 6.71. The van der Waals surface area contributed by atoms with Crippen LogP contribution in [-0.2, 0) is 11.2 Å². The molecule has 0 fully saturated rings. The van der Waals surface area contributed by atoms with E-state index in [1.807, 2.05) is 13.0 Å². The number of carbonyl (C=O) groups is 1. The van der Waals surface area contributed by atoms with Gasteiger partial charge in [0.05, 0.1) is 21.3 Å². The fourth-order valence-electron chi connectivity index (χ4n) is 1.97. The SMILES string of the molecule is CCCC(=O)NCCc1cc(OC)cc(OC)c1OC. The van der Waals surface area contributed by atoms with Crippen LogP contribution < -0.4 is 19.5 Å². The lowest BCUT2D eigenvalue weighted by atomic mass is 10.1. The van der Waals surface area contributed by atoms with Gasteiger partial charge in [0, 0.05) is 24.6 Å². The number of carbonyl (C=O) groups excluding carboxylic acids is 1. The average Bonchev–Trinajstić information content (AvgIpc) is 2.46. The quantitative estimate of drug-likeness (QED) is 0.793. The number of rotatable bonds is 8. The van der Waals surface area contributed by atoms with Crippen LogP contribution in [0.4, 0.5) is 0 Å². The molecule has 0 saturated heterocycles. The minimum absolute atomic E-state index is 0.0707. The van der Waals surface area contributed by atoms with Crippen LogP contribution in [0.25, 0.3) is 0 Å². The number of methoxy groups -OCH3 is 3. The maximum Gasteiger partial charge on any atom is 0.219 e. The fourth-order valence-corrected chi connectivity index (χ4v) is 1.97. The Labute approximate surface area is 120 Å². The first-order chi connectivity index (χ1) is 9.65. The molecule has 1 rings (SSSR count). The van der Waals surface area contributed by atoms with Crippen LogP contribution in [0.3, 0.4) is 0 Å². The molecule has 0 radical (unpaired) electrons. The standard InChI is InChI=1S/C15H23NO4/c1-5-6-14(17)16-8-7-11-9-12(18-2)10-13(19-3)15(11)20-4/h9-10H,5-8H2,1-4H3,(H,16,17). The summed E-state index contributed by atoms with van der Waals surface area (Å²) in [6.45, 7) is 2.54. The van der Waals surface area contributed by atoms with Crippen molar-refractivity contribution in [1.29, 1.82) is 0 Å². The molecule has 1 aromatic carbocycles. The van der Waals surface area contributed by atoms with Gasteiger partial charge in [-0.05, 0) is 18.9 Å². The summed E-state index contributed by atoms with van der Waals surface area (Å²) in [4.78, 5) is 11.4. The molecular weight excluding hydrogens is 258 g/mol. The van der Waals surface area contributed by atoms with Crippen LogP contribution in [0.5, 0.6) is 17.2 Å². The van der Waals surface area contributed by atoms with Crippen molar-refractivity contribution < 1.29 is 19.0 Å². The van der Waals surface area contributed by atoms with Gasteiger partial charge in [-0.25, -0.2) is 0 Å². The highest BCUT2D eigenvalue weighted by atomic mass is 16.5. The maximum atomic E-state index is 11.4. The molecule has 5 nitrogen and oxygen atoms in total. The summed E-state index contributed by atoms with van der Waals surface area (Å²) in [5, 5.41) is 2.88. The highest BCUT2D eigenvalue weighted by molar-refractivity contribution is 5.75. The molecule has 1 aromatic rings.